The van der Waals surface area contributed by atoms with Crippen molar-refractivity contribution in [2.45, 2.75) is 32.0 Å². The highest BCUT2D eigenvalue weighted by molar-refractivity contribution is 7.86. The van der Waals surface area contributed by atoms with Crippen molar-refractivity contribution >= 4 is 10.2 Å². The van der Waals surface area contributed by atoms with Gasteiger partial charge in [0.05, 0.1) is 11.8 Å². The quantitative estimate of drug-likeness (QED) is 0.819. The molecule has 7 nitrogen and oxygen atoms in total. The molecular formula is C14H22N4O3S. The lowest BCUT2D eigenvalue weighted by molar-refractivity contribution is 0.00777. The van der Waals surface area contributed by atoms with Gasteiger partial charge in [0.15, 0.2) is 0 Å². The lowest BCUT2D eigenvalue weighted by Crippen LogP contribution is -2.49. The minimum absolute atomic E-state index is 0.0521. The third-order valence-corrected chi connectivity index (χ3v) is 6.34. The second-order valence-corrected chi connectivity index (χ2v) is 8.27. The van der Waals surface area contributed by atoms with Gasteiger partial charge in [-0.3, -0.25) is 0 Å². The number of ether oxygens (including phenoxy) is 1. The van der Waals surface area contributed by atoms with Crippen LogP contribution in [0.4, 0.5) is 0 Å². The van der Waals surface area contributed by atoms with Gasteiger partial charge in [0.25, 0.3) is 10.2 Å². The monoisotopic (exact) mass is 326 g/mol. The molecule has 3 heterocycles. The van der Waals surface area contributed by atoms with Crippen LogP contribution >= 0.6 is 0 Å². The lowest BCUT2D eigenvalue weighted by atomic mass is 9.92. The average Bonchev–Trinajstić information content (AvgIpc) is 2.90. The first-order valence-electron chi connectivity index (χ1n) is 7.50. The van der Waals surface area contributed by atoms with E-state index in [0.29, 0.717) is 19.0 Å². The summed E-state index contributed by atoms with van der Waals surface area (Å²) in [6.07, 6.45) is 3.36. The highest BCUT2D eigenvalue weighted by Crippen LogP contribution is 2.40. The highest BCUT2D eigenvalue weighted by Gasteiger charge is 2.43. The standard InChI is InChI=1S/C14H22N4O3S/c1-10-15-6-4-12(16-10)13-8-11-5-7-18(9-14(11)21-13)22(19,20)17(2)3/h4,6,11,13-14H,5,7-9H2,1-3H3/t11-,13-,14+/m0/s1. The predicted octanol–water partition coefficient (Wildman–Crippen LogP) is 0.743. The molecule has 2 aliphatic rings. The molecule has 0 amide bonds. The van der Waals surface area contributed by atoms with Crippen LogP contribution in [0.1, 0.15) is 30.5 Å². The molecule has 0 bridgehead atoms. The van der Waals surface area contributed by atoms with Crippen LogP contribution in [0.5, 0.6) is 0 Å². The number of rotatable bonds is 3. The Kier molecular flexibility index (Phi) is 4.19. The second-order valence-electron chi connectivity index (χ2n) is 6.12. The van der Waals surface area contributed by atoms with E-state index >= 15 is 0 Å². The molecule has 3 atom stereocenters. The van der Waals surface area contributed by atoms with Crippen LogP contribution < -0.4 is 0 Å². The SMILES string of the molecule is Cc1nccc([C@@H]2C[C@@H]3CCN(S(=O)(=O)N(C)C)C[C@H]3O2)n1. The summed E-state index contributed by atoms with van der Waals surface area (Å²) in [5, 5.41) is 0. The van der Waals surface area contributed by atoms with E-state index in [9.17, 15) is 8.42 Å². The van der Waals surface area contributed by atoms with Gasteiger partial charge in [-0.25, -0.2) is 9.97 Å². The van der Waals surface area contributed by atoms with Crippen molar-refractivity contribution in [3.8, 4) is 0 Å². The number of aryl methyl sites for hydroxylation is 1. The van der Waals surface area contributed by atoms with Gasteiger partial charge in [-0.05, 0) is 31.7 Å². The largest absolute Gasteiger partial charge is 0.367 e. The lowest BCUT2D eigenvalue weighted by Gasteiger charge is -2.34. The molecule has 1 aromatic rings. The summed E-state index contributed by atoms with van der Waals surface area (Å²) >= 11 is 0. The molecular weight excluding hydrogens is 304 g/mol. The molecule has 1 aromatic heterocycles. The van der Waals surface area contributed by atoms with Crippen LogP contribution in [0.15, 0.2) is 12.3 Å². The van der Waals surface area contributed by atoms with Crippen LogP contribution in [0.25, 0.3) is 0 Å². The Morgan fingerprint density at radius 3 is 2.86 bits per heavy atom. The minimum Gasteiger partial charge on any atom is -0.367 e. The summed E-state index contributed by atoms with van der Waals surface area (Å²) in [6, 6.07) is 1.88. The molecule has 122 valence electrons. The maximum atomic E-state index is 12.2. The summed E-state index contributed by atoms with van der Waals surface area (Å²) in [5.41, 5.74) is 0.893. The van der Waals surface area contributed by atoms with Crippen molar-refractivity contribution in [1.82, 2.24) is 18.6 Å². The minimum atomic E-state index is -3.37. The van der Waals surface area contributed by atoms with Crippen molar-refractivity contribution in [3.63, 3.8) is 0 Å². The number of nitrogens with zero attached hydrogens (tertiary/aromatic N) is 4. The molecule has 0 aliphatic carbocycles. The molecule has 3 rings (SSSR count). The molecule has 8 heteroatoms. The molecule has 0 N–H and O–H groups in total. The molecule has 2 aliphatic heterocycles. The van der Waals surface area contributed by atoms with Crippen molar-refractivity contribution < 1.29 is 13.2 Å². The van der Waals surface area contributed by atoms with Gasteiger partial charge in [-0.2, -0.15) is 17.0 Å². The van der Waals surface area contributed by atoms with Crippen LogP contribution in [-0.2, 0) is 14.9 Å². The van der Waals surface area contributed by atoms with E-state index < -0.39 is 10.2 Å². The van der Waals surface area contributed by atoms with Gasteiger partial charge in [0.2, 0.25) is 0 Å². The second kappa shape index (κ2) is 5.84. The van der Waals surface area contributed by atoms with E-state index in [4.69, 9.17) is 4.74 Å². The molecule has 0 radical (unpaired) electrons. The number of aromatic nitrogens is 2. The van der Waals surface area contributed by atoms with Gasteiger partial charge < -0.3 is 4.74 Å². The Morgan fingerprint density at radius 2 is 2.18 bits per heavy atom. The molecule has 0 saturated carbocycles. The average molecular weight is 326 g/mol. The highest BCUT2D eigenvalue weighted by atomic mass is 32.2. The summed E-state index contributed by atoms with van der Waals surface area (Å²) in [7, 11) is -0.249. The zero-order valence-electron chi connectivity index (χ0n) is 13.1. The smallest absolute Gasteiger partial charge is 0.281 e. The fourth-order valence-electron chi connectivity index (χ4n) is 3.19. The van der Waals surface area contributed by atoms with E-state index in [0.717, 1.165) is 24.4 Å². The Balaban J connectivity index is 1.72. The fraction of sp³-hybridized carbons (Fsp3) is 0.714. The Labute approximate surface area is 131 Å². The third-order valence-electron chi connectivity index (χ3n) is 4.43. The Morgan fingerprint density at radius 1 is 1.41 bits per heavy atom. The molecule has 0 unspecified atom stereocenters. The maximum absolute atomic E-state index is 12.2. The van der Waals surface area contributed by atoms with E-state index in [1.165, 1.54) is 8.61 Å². The van der Waals surface area contributed by atoms with Gasteiger partial charge in [0, 0.05) is 33.4 Å². The Hall–Kier alpha value is -1.09. The van der Waals surface area contributed by atoms with Crippen molar-refractivity contribution in [2.24, 2.45) is 5.92 Å². The summed E-state index contributed by atoms with van der Waals surface area (Å²) in [5.74, 6) is 1.13. The Bertz CT molecular complexity index is 649. The van der Waals surface area contributed by atoms with E-state index in [2.05, 4.69) is 9.97 Å². The van der Waals surface area contributed by atoms with Crippen LogP contribution in [0.2, 0.25) is 0 Å². The van der Waals surface area contributed by atoms with Gasteiger partial charge in [-0.1, -0.05) is 0 Å². The zero-order chi connectivity index (χ0) is 15.9. The summed E-state index contributed by atoms with van der Waals surface area (Å²) < 4.78 is 33.4. The van der Waals surface area contributed by atoms with E-state index in [-0.39, 0.29) is 12.2 Å². The summed E-state index contributed by atoms with van der Waals surface area (Å²) in [4.78, 5) is 8.54. The van der Waals surface area contributed by atoms with Crippen molar-refractivity contribution in [1.29, 1.82) is 0 Å². The molecule has 0 aromatic carbocycles. The van der Waals surface area contributed by atoms with Gasteiger partial charge >= 0.3 is 0 Å². The van der Waals surface area contributed by atoms with E-state index in [1.807, 2.05) is 13.0 Å². The van der Waals surface area contributed by atoms with Crippen LogP contribution in [0, 0.1) is 12.8 Å². The van der Waals surface area contributed by atoms with Crippen LogP contribution in [-0.4, -0.2) is 60.3 Å². The predicted molar refractivity (Wildman–Crippen MR) is 81.3 cm³/mol. The molecule has 2 saturated heterocycles. The van der Waals surface area contributed by atoms with Gasteiger partial charge in [-0.15, -0.1) is 0 Å². The molecule has 22 heavy (non-hydrogen) atoms. The number of piperidine rings is 1. The maximum Gasteiger partial charge on any atom is 0.281 e. The first kappa shape index (κ1) is 15.8. The molecule has 0 spiro atoms. The molecule has 2 fully saturated rings. The fourth-order valence-corrected chi connectivity index (χ4v) is 4.32. The first-order chi connectivity index (χ1) is 10.4. The van der Waals surface area contributed by atoms with Gasteiger partial charge in [0.1, 0.15) is 11.9 Å². The first-order valence-corrected chi connectivity index (χ1v) is 8.90. The number of hydrogen-bond acceptors (Lipinski definition) is 5. The van der Waals surface area contributed by atoms with Crippen molar-refractivity contribution in [2.75, 3.05) is 27.2 Å². The van der Waals surface area contributed by atoms with Crippen molar-refractivity contribution in [3.05, 3.63) is 23.8 Å². The third kappa shape index (κ3) is 2.88. The van der Waals surface area contributed by atoms with Crippen LogP contribution in [0.3, 0.4) is 0 Å². The normalized spacial score (nSPS) is 29.7. The topological polar surface area (TPSA) is 75.6 Å². The zero-order valence-corrected chi connectivity index (χ0v) is 14.0. The van der Waals surface area contributed by atoms with E-state index in [1.54, 1.807) is 20.3 Å². The number of fused-ring (bicyclic) bond motifs is 1. The number of hydrogen-bond donors (Lipinski definition) is 0. The summed E-state index contributed by atoms with van der Waals surface area (Å²) in [6.45, 7) is 2.84.